The molecule has 0 aromatic carbocycles. The van der Waals surface area contributed by atoms with Crippen LogP contribution < -0.4 is 0 Å². The molecule has 2 aromatic heterocycles. The van der Waals surface area contributed by atoms with Crippen LogP contribution in [0.2, 0.25) is 0 Å². The summed E-state index contributed by atoms with van der Waals surface area (Å²) in [7, 11) is 0. The van der Waals surface area contributed by atoms with Crippen molar-refractivity contribution in [2.75, 3.05) is 13.1 Å². The summed E-state index contributed by atoms with van der Waals surface area (Å²) in [4.78, 5) is 45.7. The first-order chi connectivity index (χ1) is 12.9. The lowest BCUT2D eigenvalue weighted by molar-refractivity contribution is -0.122. The van der Waals surface area contributed by atoms with Gasteiger partial charge in [-0.2, -0.15) is 0 Å². The molecule has 1 amide bonds. The number of aryl methyl sites for hydroxylation is 1. The molecule has 1 saturated heterocycles. The summed E-state index contributed by atoms with van der Waals surface area (Å²) in [5, 5.41) is 15.9. The maximum Gasteiger partial charge on any atom is 0.337 e. The van der Waals surface area contributed by atoms with Crippen LogP contribution in [0.1, 0.15) is 38.5 Å². The predicted octanol–water partition coefficient (Wildman–Crippen LogP) is 1.28. The van der Waals surface area contributed by atoms with Gasteiger partial charge in [-0.15, -0.1) is 0 Å². The zero-order valence-electron chi connectivity index (χ0n) is 14.8. The molecule has 142 valence electrons. The Morgan fingerprint density at radius 3 is 2.52 bits per heavy atom. The third-order valence-electron chi connectivity index (χ3n) is 4.17. The highest BCUT2D eigenvalue weighted by molar-refractivity contribution is 5.93. The van der Waals surface area contributed by atoms with Gasteiger partial charge in [0.1, 0.15) is 5.82 Å². The third kappa shape index (κ3) is 5.56. The van der Waals surface area contributed by atoms with Crippen molar-refractivity contribution in [2.45, 2.75) is 19.8 Å². The lowest BCUT2D eigenvalue weighted by atomic mass is 9.99. The van der Waals surface area contributed by atoms with Crippen LogP contribution in [0.4, 0.5) is 0 Å². The fourth-order valence-electron chi connectivity index (χ4n) is 2.92. The summed E-state index contributed by atoms with van der Waals surface area (Å²) in [6.45, 7) is 2.85. The van der Waals surface area contributed by atoms with E-state index in [1.54, 1.807) is 36.5 Å². The maximum absolute atomic E-state index is 12.5. The van der Waals surface area contributed by atoms with Gasteiger partial charge >= 0.3 is 5.97 Å². The summed E-state index contributed by atoms with van der Waals surface area (Å²) >= 11 is 0. The zero-order chi connectivity index (χ0) is 19.8. The Balaban J connectivity index is 0.000000817. The second-order valence-corrected chi connectivity index (χ2v) is 6.12. The van der Waals surface area contributed by atoms with Crippen molar-refractivity contribution in [3.05, 3.63) is 53.4 Å². The van der Waals surface area contributed by atoms with E-state index in [1.165, 1.54) is 6.20 Å². The van der Waals surface area contributed by atoms with Crippen LogP contribution in [0, 0.1) is 12.8 Å². The molecule has 3 rings (SSSR count). The molecular weight excluding hydrogens is 352 g/mol. The van der Waals surface area contributed by atoms with E-state index in [0.717, 1.165) is 12.0 Å². The van der Waals surface area contributed by atoms with Crippen molar-refractivity contribution in [3.63, 3.8) is 0 Å². The van der Waals surface area contributed by atoms with Gasteiger partial charge in [-0.05, 0) is 37.3 Å². The van der Waals surface area contributed by atoms with Gasteiger partial charge in [0.15, 0.2) is 0 Å². The number of nitrogens with zero attached hydrogens (tertiary/aromatic N) is 4. The summed E-state index contributed by atoms with van der Waals surface area (Å²) in [5.41, 5.74) is 1.57. The molecule has 2 N–H and O–H groups in total. The van der Waals surface area contributed by atoms with Gasteiger partial charge in [0.05, 0.1) is 11.1 Å². The molecule has 9 nitrogen and oxygen atoms in total. The number of carbonyl (C=O) groups is 3. The monoisotopic (exact) mass is 372 g/mol. The van der Waals surface area contributed by atoms with Crippen LogP contribution in [0.15, 0.2) is 30.9 Å². The van der Waals surface area contributed by atoms with E-state index in [1.807, 2.05) is 0 Å². The second kappa shape index (κ2) is 9.37. The van der Waals surface area contributed by atoms with E-state index >= 15 is 0 Å². The van der Waals surface area contributed by atoms with E-state index in [4.69, 9.17) is 15.0 Å². The molecule has 3 heterocycles. The highest BCUT2D eigenvalue weighted by Crippen LogP contribution is 2.22. The fourth-order valence-corrected chi connectivity index (χ4v) is 2.92. The first-order valence-electron chi connectivity index (χ1n) is 8.27. The molecule has 0 radical (unpaired) electrons. The molecular formula is C18H20N4O5. The Labute approximate surface area is 155 Å². The maximum atomic E-state index is 12.5. The SMILES string of the molecule is Cc1ncc(C(=O)N2CCC(Cc3cncc(C(=O)O)c3)C2)cn1.O=CO. The molecule has 2 aromatic rings. The van der Waals surface area contributed by atoms with Crippen molar-refractivity contribution in [1.82, 2.24) is 19.9 Å². The molecule has 1 aliphatic heterocycles. The van der Waals surface area contributed by atoms with Crippen LogP contribution in [-0.4, -0.2) is 61.5 Å². The van der Waals surface area contributed by atoms with Crippen molar-refractivity contribution in [2.24, 2.45) is 5.92 Å². The molecule has 0 spiro atoms. The van der Waals surface area contributed by atoms with E-state index in [0.29, 0.717) is 36.8 Å². The topological polar surface area (TPSA) is 134 Å². The van der Waals surface area contributed by atoms with Gasteiger partial charge in [-0.1, -0.05) is 0 Å². The first-order valence-corrected chi connectivity index (χ1v) is 8.27. The van der Waals surface area contributed by atoms with E-state index in [-0.39, 0.29) is 17.9 Å². The van der Waals surface area contributed by atoms with Gasteiger partial charge in [-0.25, -0.2) is 14.8 Å². The molecule has 0 aliphatic carbocycles. The molecule has 1 fully saturated rings. The Morgan fingerprint density at radius 1 is 1.22 bits per heavy atom. The van der Waals surface area contributed by atoms with Crippen LogP contribution in [0.25, 0.3) is 0 Å². The van der Waals surface area contributed by atoms with Crippen LogP contribution in [0.5, 0.6) is 0 Å². The summed E-state index contributed by atoms with van der Waals surface area (Å²) in [6.07, 6.45) is 7.73. The van der Waals surface area contributed by atoms with Gasteiger partial charge in [-0.3, -0.25) is 14.6 Å². The summed E-state index contributed by atoms with van der Waals surface area (Å²) < 4.78 is 0. The summed E-state index contributed by atoms with van der Waals surface area (Å²) in [5.74, 6) is -0.107. The lowest BCUT2D eigenvalue weighted by Gasteiger charge is -2.16. The fraction of sp³-hybridized carbons (Fsp3) is 0.333. The number of carboxylic acids is 1. The average Bonchev–Trinajstić information content (AvgIpc) is 3.11. The normalized spacial score (nSPS) is 15.6. The average molecular weight is 372 g/mol. The minimum atomic E-state index is -0.980. The lowest BCUT2D eigenvalue weighted by Crippen LogP contribution is -2.29. The minimum Gasteiger partial charge on any atom is -0.483 e. The molecule has 1 unspecified atom stereocenters. The van der Waals surface area contributed by atoms with Crippen molar-refractivity contribution < 1.29 is 24.6 Å². The number of rotatable bonds is 4. The molecule has 27 heavy (non-hydrogen) atoms. The Morgan fingerprint density at radius 2 is 1.89 bits per heavy atom. The zero-order valence-corrected chi connectivity index (χ0v) is 14.8. The van der Waals surface area contributed by atoms with Gasteiger partial charge in [0.25, 0.3) is 12.4 Å². The standard InChI is InChI=1S/C17H18N4O3.CH2O2/c1-11-19-8-15(9-20-11)16(22)21-3-2-12(10-21)4-13-5-14(17(23)24)7-18-6-13;2-1-3/h5-9,12H,2-4,10H2,1H3,(H,23,24);1H,(H,2,3). The largest absolute Gasteiger partial charge is 0.483 e. The highest BCUT2D eigenvalue weighted by atomic mass is 16.4. The Kier molecular flexibility index (Phi) is 6.93. The Hall–Kier alpha value is -3.36. The van der Waals surface area contributed by atoms with Crippen LogP contribution in [0.3, 0.4) is 0 Å². The predicted molar refractivity (Wildman–Crippen MR) is 94.4 cm³/mol. The number of carbonyl (C=O) groups excluding carboxylic acids is 1. The quantitative estimate of drug-likeness (QED) is 0.767. The third-order valence-corrected chi connectivity index (χ3v) is 4.17. The number of pyridine rings is 1. The van der Waals surface area contributed by atoms with E-state index in [9.17, 15) is 9.59 Å². The number of hydrogen-bond acceptors (Lipinski definition) is 6. The first kappa shape index (κ1) is 20.0. The van der Waals surface area contributed by atoms with E-state index < -0.39 is 5.97 Å². The highest BCUT2D eigenvalue weighted by Gasteiger charge is 2.27. The van der Waals surface area contributed by atoms with Gasteiger partial charge in [0, 0.05) is 37.9 Å². The van der Waals surface area contributed by atoms with Gasteiger partial charge < -0.3 is 15.1 Å². The van der Waals surface area contributed by atoms with Gasteiger partial charge in [0.2, 0.25) is 0 Å². The van der Waals surface area contributed by atoms with Crippen molar-refractivity contribution >= 4 is 18.3 Å². The number of likely N-dealkylation sites (tertiary alicyclic amines) is 1. The molecule has 1 aliphatic rings. The van der Waals surface area contributed by atoms with Crippen LogP contribution >= 0.6 is 0 Å². The molecule has 1 atom stereocenters. The number of carboxylic acid groups (broad SMARTS) is 2. The molecule has 0 saturated carbocycles. The number of aromatic carboxylic acids is 1. The minimum absolute atomic E-state index is 0.0603. The van der Waals surface area contributed by atoms with E-state index in [2.05, 4.69) is 15.0 Å². The molecule has 9 heteroatoms. The number of amides is 1. The smallest absolute Gasteiger partial charge is 0.337 e. The molecule has 0 bridgehead atoms. The summed E-state index contributed by atoms with van der Waals surface area (Å²) in [6, 6.07) is 1.65. The number of aromatic nitrogens is 3. The van der Waals surface area contributed by atoms with Crippen LogP contribution in [-0.2, 0) is 11.2 Å². The van der Waals surface area contributed by atoms with Crippen molar-refractivity contribution in [3.8, 4) is 0 Å². The Bertz CT molecular complexity index is 810. The van der Waals surface area contributed by atoms with Crippen molar-refractivity contribution in [1.29, 1.82) is 0 Å². The number of hydrogen-bond donors (Lipinski definition) is 2. The second-order valence-electron chi connectivity index (χ2n) is 6.12.